The molecule has 0 aromatic heterocycles. The maximum Gasteiger partial charge on any atom is 0.410 e. The zero-order valence-corrected chi connectivity index (χ0v) is 13.8. The number of benzene rings is 1. The summed E-state index contributed by atoms with van der Waals surface area (Å²) in [7, 11) is 0. The van der Waals surface area contributed by atoms with Crippen molar-refractivity contribution in [2.24, 2.45) is 5.11 Å². The maximum absolute atomic E-state index is 12.2. The van der Waals surface area contributed by atoms with Gasteiger partial charge in [-0.1, -0.05) is 17.2 Å². The van der Waals surface area contributed by atoms with Gasteiger partial charge in [-0.25, -0.2) is 4.79 Å². The number of azide groups is 1. The van der Waals surface area contributed by atoms with Crippen LogP contribution in [0.2, 0.25) is 0 Å². The lowest BCUT2D eigenvalue weighted by Gasteiger charge is -2.34. The summed E-state index contributed by atoms with van der Waals surface area (Å²) >= 11 is 0. The molecule has 1 saturated heterocycles. The molecule has 0 bridgehead atoms. The van der Waals surface area contributed by atoms with E-state index in [1.807, 2.05) is 32.9 Å². The highest BCUT2D eigenvalue weighted by atomic mass is 16.6. The molecule has 1 atom stereocenters. The predicted molar refractivity (Wildman–Crippen MR) is 89.7 cm³/mol. The number of piperidine rings is 1. The van der Waals surface area contributed by atoms with Crippen LogP contribution in [0, 0.1) is 0 Å². The monoisotopic (exact) mass is 317 g/mol. The van der Waals surface area contributed by atoms with Crippen LogP contribution in [0.3, 0.4) is 0 Å². The summed E-state index contributed by atoms with van der Waals surface area (Å²) in [6.07, 6.45) is 1.67. The third-order valence-corrected chi connectivity index (χ3v) is 3.47. The summed E-state index contributed by atoms with van der Waals surface area (Å²) in [5, 5.41) is 6.96. The van der Waals surface area contributed by atoms with E-state index in [9.17, 15) is 4.79 Å². The van der Waals surface area contributed by atoms with Crippen LogP contribution in [0.4, 0.5) is 16.2 Å². The zero-order valence-electron chi connectivity index (χ0n) is 13.8. The summed E-state index contributed by atoms with van der Waals surface area (Å²) in [4.78, 5) is 16.7. The summed E-state index contributed by atoms with van der Waals surface area (Å²) in [6, 6.07) is 7.45. The van der Waals surface area contributed by atoms with Gasteiger partial charge in [0.1, 0.15) is 5.60 Å². The largest absolute Gasteiger partial charge is 0.444 e. The van der Waals surface area contributed by atoms with Crippen molar-refractivity contribution in [1.82, 2.24) is 4.90 Å². The third kappa shape index (κ3) is 5.38. The fraction of sp³-hybridized carbons (Fsp3) is 0.562. The number of nitrogens with zero attached hydrogens (tertiary/aromatic N) is 4. The lowest BCUT2D eigenvalue weighted by Crippen LogP contribution is -2.46. The number of hydrogen-bond donors (Lipinski definition) is 1. The van der Waals surface area contributed by atoms with E-state index < -0.39 is 5.60 Å². The maximum atomic E-state index is 12.2. The molecule has 1 amide bonds. The second kappa shape index (κ2) is 7.24. The van der Waals surface area contributed by atoms with Crippen LogP contribution in [0.5, 0.6) is 0 Å². The van der Waals surface area contributed by atoms with Crippen molar-refractivity contribution in [3.8, 4) is 0 Å². The molecule has 7 heteroatoms. The molecule has 1 aliphatic rings. The van der Waals surface area contributed by atoms with Gasteiger partial charge in [0.05, 0.1) is 0 Å². The smallest absolute Gasteiger partial charge is 0.410 e. The van der Waals surface area contributed by atoms with Crippen LogP contribution in [0.25, 0.3) is 10.4 Å². The average Bonchev–Trinajstić information content (AvgIpc) is 2.48. The average molecular weight is 317 g/mol. The van der Waals surface area contributed by atoms with E-state index in [-0.39, 0.29) is 12.1 Å². The topological polar surface area (TPSA) is 90.3 Å². The van der Waals surface area contributed by atoms with Gasteiger partial charge in [0.25, 0.3) is 0 Å². The number of hydrogen-bond acceptors (Lipinski definition) is 4. The number of anilines is 1. The van der Waals surface area contributed by atoms with Gasteiger partial charge in [0.2, 0.25) is 0 Å². The molecule has 7 nitrogen and oxygen atoms in total. The number of carbonyl (C=O) groups excluding carboxylic acids is 1. The standard InChI is InChI=1S/C16H23N5O2/c1-16(2,3)23-15(22)21-10-4-5-14(11-21)18-12-6-8-13(9-7-12)19-20-17/h6-9,14,18H,4-5,10-11H2,1-3H3. The van der Waals surface area contributed by atoms with E-state index in [1.165, 1.54) is 0 Å². The van der Waals surface area contributed by atoms with Gasteiger partial charge in [0.15, 0.2) is 0 Å². The zero-order chi connectivity index (χ0) is 16.9. The van der Waals surface area contributed by atoms with E-state index in [0.29, 0.717) is 12.2 Å². The van der Waals surface area contributed by atoms with Crippen molar-refractivity contribution in [2.45, 2.75) is 45.3 Å². The molecule has 1 aromatic rings. The SMILES string of the molecule is CC(C)(C)OC(=O)N1CCCC(Nc2ccc(N=[N+]=[N-])cc2)C1. The first-order valence-corrected chi connectivity index (χ1v) is 7.77. The van der Waals surface area contributed by atoms with Crippen LogP contribution in [0.15, 0.2) is 29.4 Å². The Morgan fingerprint density at radius 3 is 2.70 bits per heavy atom. The molecule has 1 fully saturated rings. The van der Waals surface area contributed by atoms with Crippen LogP contribution in [-0.2, 0) is 4.74 Å². The van der Waals surface area contributed by atoms with Crippen LogP contribution < -0.4 is 5.32 Å². The summed E-state index contributed by atoms with van der Waals surface area (Å²) in [5.41, 5.74) is 9.45. The number of rotatable bonds is 3. The van der Waals surface area contributed by atoms with E-state index in [4.69, 9.17) is 10.3 Å². The Morgan fingerprint density at radius 2 is 2.09 bits per heavy atom. The minimum atomic E-state index is -0.478. The molecular weight excluding hydrogens is 294 g/mol. The third-order valence-electron chi connectivity index (χ3n) is 3.47. The number of amides is 1. The van der Waals surface area contributed by atoms with Crippen molar-refractivity contribution in [3.63, 3.8) is 0 Å². The van der Waals surface area contributed by atoms with Crippen molar-refractivity contribution in [1.29, 1.82) is 0 Å². The molecule has 124 valence electrons. The molecule has 1 unspecified atom stereocenters. The number of likely N-dealkylation sites (tertiary alicyclic amines) is 1. The molecule has 23 heavy (non-hydrogen) atoms. The summed E-state index contributed by atoms with van der Waals surface area (Å²) in [6.45, 7) is 6.96. The first-order valence-electron chi connectivity index (χ1n) is 7.77. The second-order valence-electron chi connectivity index (χ2n) is 6.65. The number of carbonyl (C=O) groups is 1. The normalized spacial score (nSPS) is 18.0. The fourth-order valence-electron chi connectivity index (χ4n) is 2.50. The first kappa shape index (κ1) is 17.0. The van der Waals surface area contributed by atoms with E-state index in [2.05, 4.69) is 15.3 Å². The molecule has 1 N–H and O–H groups in total. The summed E-state index contributed by atoms with van der Waals surface area (Å²) in [5.74, 6) is 0. The van der Waals surface area contributed by atoms with Crippen LogP contribution in [-0.4, -0.2) is 35.7 Å². The molecular formula is C16H23N5O2. The fourth-order valence-corrected chi connectivity index (χ4v) is 2.50. The Bertz CT molecular complexity index is 587. The Hall–Kier alpha value is -2.40. The lowest BCUT2D eigenvalue weighted by molar-refractivity contribution is 0.0206. The number of nitrogens with one attached hydrogen (secondary N) is 1. The van der Waals surface area contributed by atoms with Crippen molar-refractivity contribution in [2.75, 3.05) is 18.4 Å². The summed E-state index contributed by atoms with van der Waals surface area (Å²) < 4.78 is 5.43. The quantitative estimate of drug-likeness (QED) is 0.507. The minimum Gasteiger partial charge on any atom is -0.444 e. The van der Waals surface area contributed by atoms with Crippen molar-refractivity contribution >= 4 is 17.5 Å². The highest BCUT2D eigenvalue weighted by Crippen LogP contribution is 2.21. The van der Waals surface area contributed by atoms with Gasteiger partial charge in [-0.3, -0.25) is 0 Å². The Kier molecular flexibility index (Phi) is 5.34. The Morgan fingerprint density at radius 1 is 1.39 bits per heavy atom. The number of ether oxygens (including phenoxy) is 1. The second-order valence-corrected chi connectivity index (χ2v) is 6.65. The lowest BCUT2D eigenvalue weighted by atomic mass is 10.1. The molecule has 0 aliphatic carbocycles. The molecule has 0 saturated carbocycles. The van der Waals surface area contributed by atoms with Crippen LogP contribution >= 0.6 is 0 Å². The van der Waals surface area contributed by atoms with E-state index in [1.54, 1.807) is 17.0 Å². The van der Waals surface area contributed by atoms with Crippen molar-refractivity contribution in [3.05, 3.63) is 34.7 Å². The van der Waals surface area contributed by atoms with Gasteiger partial charge in [-0.15, -0.1) is 0 Å². The molecule has 1 aromatic carbocycles. The molecule has 0 spiro atoms. The van der Waals surface area contributed by atoms with Gasteiger partial charge in [0, 0.05) is 35.4 Å². The van der Waals surface area contributed by atoms with Gasteiger partial charge in [-0.05, 0) is 51.3 Å². The van der Waals surface area contributed by atoms with Gasteiger partial charge in [-0.2, -0.15) is 0 Å². The molecule has 2 rings (SSSR count). The van der Waals surface area contributed by atoms with Gasteiger partial charge < -0.3 is 15.0 Å². The van der Waals surface area contributed by atoms with Gasteiger partial charge >= 0.3 is 6.09 Å². The first-order chi connectivity index (χ1) is 10.9. The van der Waals surface area contributed by atoms with E-state index in [0.717, 1.165) is 25.1 Å². The minimum absolute atomic E-state index is 0.182. The highest BCUT2D eigenvalue weighted by molar-refractivity contribution is 5.68. The molecule has 0 radical (unpaired) electrons. The molecule has 1 aliphatic heterocycles. The molecule has 1 heterocycles. The van der Waals surface area contributed by atoms with Crippen LogP contribution in [0.1, 0.15) is 33.6 Å². The van der Waals surface area contributed by atoms with Crippen molar-refractivity contribution < 1.29 is 9.53 Å². The Balaban J connectivity index is 1.93. The van der Waals surface area contributed by atoms with E-state index >= 15 is 0 Å². The highest BCUT2D eigenvalue weighted by Gasteiger charge is 2.27. The predicted octanol–water partition coefficient (Wildman–Crippen LogP) is 4.44. The Labute approximate surface area is 136 Å².